The number of Topliss-reactive ketones (excluding diaryl/α,β-unsaturated/α-hetero) is 1. The number of amides is 2. The van der Waals surface area contributed by atoms with Gasteiger partial charge in [-0.2, -0.15) is 0 Å². The molecule has 1 aromatic heterocycles. The van der Waals surface area contributed by atoms with Crippen LogP contribution < -0.4 is 4.90 Å². The summed E-state index contributed by atoms with van der Waals surface area (Å²) in [4.78, 5) is 46.9. The van der Waals surface area contributed by atoms with Crippen LogP contribution in [0.1, 0.15) is 55.6 Å². The van der Waals surface area contributed by atoms with Crippen molar-refractivity contribution in [3.05, 3.63) is 23.4 Å². The van der Waals surface area contributed by atoms with Crippen molar-refractivity contribution in [3.63, 3.8) is 0 Å². The number of aromatic nitrogens is 1. The molecule has 0 saturated carbocycles. The Hall–Kier alpha value is -2.44. The number of carbonyl (C=O) groups excluding carboxylic acids is 3. The molecule has 7 nitrogen and oxygen atoms in total. The van der Waals surface area contributed by atoms with Crippen LogP contribution in [0, 0.1) is 24.7 Å². The Labute approximate surface area is 185 Å². The van der Waals surface area contributed by atoms with Crippen LogP contribution in [0.5, 0.6) is 0 Å². The lowest BCUT2D eigenvalue weighted by molar-refractivity contribution is -0.147. The maximum Gasteiger partial charge on any atom is 0.290 e. The molecule has 170 valence electrons. The lowest BCUT2D eigenvalue weighted by Gasteiger charge is -2.40. The Bertz CT molecular complexity index is 820. The summed E-state index contributed by atoms with van der Waals surface area (Å²) >= 11 is 0. The highest BCUT2D eigenvalue weighted by Gasteiger charge is 2.33. The van der Waals surface area contributed by atoms with Crippen LogP contribution in [0.2, 0.25) is 0 Å². The van der Waals surface area contributed by atoms with E-state index in [-0.39, 0.29) is 23.5 Å². The zero-order valence-electron chi connectivity index (χ0n) is 19.6. The SMILES string of the molecule is Cc1nc(N2CCC(C3CCN(C(=O)C(=O)C(C)C)CC3)CC2)ccc1C(=O)N(C)C. The largest absolute Gasteiger partial charge is 0.357 e. The van der Waals surface area contributed by atoms with E-state index in [2.05, 4.69) is 4.90 Å². The maximum atomic E-state index is 12.3. The van der Waals surface area contributed by atoms with Crippen molar-refractivity contribution in [2.45, 2.75) is 46.5 Å². The molecule has 2 amide bonds. The summed E-state index contributed by atoms with van der Waals surface area (Å²) in [6.07, 6.45) is 4.20. The molecule has 3 heterocycles. The molecular formula is C24H36N4O3. The standard InChI is InChI=1S/C24H36N4O3/c1-16(2)22(29)24(31)28-14-10-19(11-15-28)18-8-12-27(13-9-18)21-7-6-20(17(3)25-21)23(30)26(4)5/h6-7,16,18-19H,8-15H2,1-5H3. The summed E-state index contributed by atoms with van der Waals surface area (Å²) < 4.78 is 0. The molecule has 31 heavy (non-hydrogen) atoms. The fourth-order valence-corrected chi connectivity index (χ4v) is 4.77. The van der Waals surface area contributed by atoms with Crippen molar-refractivity contribution in [2.24, 2.45) is 17.8 Å². The van der Waals surface area contributed by atoms with Gasteiger partial charge in [0.2, 0.25) is 5.78 Å². The predicted octanol–water partition coefficient (Wildman–Crippen LogP) is 2.77. The van der Waals surface area contributed by atoms with Crippen molar-refractivity contribution in [1.29, 1.82) is 0 Å². The molecule has 0 radical (unpaired) electrons. The molecule has 2 saturated heterocycles. The highest BCUT2D eigenvalue weighted by molar-refractivity contribution is 6.36. The molecule has 0 aliphatic carbocycles. The first-order chi connectivity index (χ1) is 14.7. The van der Waals surface area contributed by atoms with Crippen LogP contribution in [0.15, 0.2) is 12.1 Å². The highest BCUT2D eigenvalue weighted by atomic mass is 16.2. The van der Waals surface area contributed by atoms with Crippen LogP contribution in [0.4, 0.5) is 5.82 Å². The molecule has 3 rings (SSSR count). The topological polar surface area (TPSA) is 73.8 Å². The number of pyridine rings is 1. The first-order valence-electron chi connectivity index (χ1n) is 11.5. The van der Waals surface area contributed by atoms with Gasteiger partial charge in [-0.25, -0.2) is 4.98 Å². The summed E-state index contributed by atoms with van der Waals surface area (Å²) in [6, 6.07) is 3.84. The van der Waals surface area contributed by atoms with E-state index in [1.807, 2.05) is 19.1 Å². The minimum atomic E-state index is -0.305. The summed E-state index contributed by atoms with van der Waals surface area (Å²) in [6.45, 7) is 8.78. The average Bonchev–Trinajstić information content (AvgIpc) is 2.77. The van der Waals surface area contributed by atoms with Gasteiger partial charge in [0.1, 0.15) is 5.82 Å². The zero-order chi connectivity index (χ0) is 22.7. The van der Waals surface area contributed by atoms with Crippen molar-refractivity contribution in [2.75, 3.05) is 45.2 Å². The highest BCUT2D eigenvalue weighted by Crippen LogP contribution is 2.34. The molecule has 0 bridgehead atoms. The van der Waals surface area contributed by atoms with Crippen molar-refractivity contribution >= 4 is 23.4 Å². The molecule has 0 spiro atoms. The second kappa shape index (κ2) is 9.79. The van der Waals surface area contributed by atoms with Crippen LogP contribution in [-0.2, 0) is 9.59 Å². The monoisotopic (exact) mass is 428 g/mol. The van der Waals surface area contributed by atoms with Gasteiger partial charge in [0.05, 0.1) is 11.3 Å². The fourth-order valence-electron chi connectivity index (χ4n) is 4.77. The Morgan fingerprint density at radius 3 is 2.00 bits per heavy atom. The van der Waals surface area contributed by atoms with Crippen LogP contribution in [-0.4, -0.2) is 72.7 Å². The Kier molecular flexibility index (Phi) is 7.34. The molecule has 2 aliphatic heterocycles. The smallest absolute Gasteiger partial charge is 0.290 e. The first kappa shape index (κ1) is 23.2. The summed E-state index contributed by atoms with van der Waals surface area (Å²) in [5.74, 6) is 1.39. The molecule has 0 N–H and O–H groups in total. The van der Waals surface area contributed by atoms with Crippen LogP contribution >= 0.6 is 0 Å². The van der Waals surface area contributed by atoms with E-state index in [1.54, 1.807) is 37.7 Å². The fraction of sp³-hybridized carbons (Fsp3) is 0.667. The second-order valence-corrected chi connectivity index (χ2v) is 9.48. The molecule has 0 unspecified atom stereocenters. The normalized spacial score (nSPS) is 18.4. The van der Waals surface area contributed by atoms with E-state index in [0.717, 1.165) is 50.3 Å². The van der Waals surface area contributed by atoms with Crippen molar-refractivity contribution in [3.8, 4) is 0 Å². The Morgan fingerprint density at radius 1 is 0.968 bits per heavy atom. The van der Waals surface area contributed by atoms with Crippen LogP contribution in [0.3, 0.4) is 0 Å². The molecule has 0 atom stereocenters. The molecule has 0 aromatic carbocycles. The third-order valence-corrected chi connectivity index (χ3v) is 6.80. The summed E-state index contributed by atoms with van der Waals surface area (Å²) in [7, 11) is 3.51. The number of anilines is 1. The number of rotatable bonds is 5. The number of nitrogens with zero attached hydrogens (tertiary/aromatic N) is 4. The van der Waals surface area contributed by atoms with E-state index in [1.165, 1.54) is 0 Å². The van der Waals surface area contributed by atoms with Gasteiger partial charge in [-0.15, -0.1) is 0 Å². The van der Waals surface area contributed by atoms with Gasteiger partial charge in [-0.05, 0) is 56.6 Å². The van der Waals surface area contributed by atoms with Gasteiger partial charge >= 0.3 is 0 Å². The molecule has 2 fully saturated rings. The number of hydrogen-bond donors (Lipinski definition) is 0. The van der Waals surface area contributed by atoms with Crippen LogP contribution in [0.25, 0.3) is 0 Å². The zero-order valence-corrected chi connectivity index (χ0v) is 19.6. The predicted molar refractivity (Wildman–Crippen MR) is 121 cm³/mol. The number of carbonyl (C=O) groups is 3. The lowest BCUT2D eigenvalue weighted by atomic mass is 9.78. The Balaban J connectivity index is 1.51. The molecule has 1 aromatic rings. The first-order valence-corrected chi connectivity index (χ1v) is 11.5. The number of hydrogen-bond acceptors (Lipinski definition) is 5. The number of likely N-dealkylation sites (tertiary alicyclic amines) is 1. The lowest BCUT2D eigenvalue weighted by Crippen LogP contribution is -2.45. The molecule has 7 heteroatoms. The average molecular weight is 429 g/mol. The van der Waals surface area contributed by atoms with Crippen molar-refractivity contribution < 1.29 is 14.4 Å². The second-order valence-electron chi connectivity index (χ2n) is 9.48. The summed E-state index contributed by atoms with van der Waals surface area (Å²) in [5, 5.41) is 0. The van der Waals surface area contributed by atoms with E-state index < -0.39 is 0 Å². The van der Waals surface area contributed by atoms with Gasteiger partial charge in [-0.1, -0.05) is 13.8 Å². The third kappa shape index (κ3) is 5.25. The van der Waals surface area contributed by atoms with Gasteiger partial charge in [0.15, 0.2) is 0 Å². The quantitative estimate of drug-likeness (QED) is 0.674. The van der Waals surface area contributed by atoms with E-state index in [0.29, 0.717) is 30.5 Å². The van der Waals surface area contributed by atoms with Crippen molar-refractivity contribution in [1.82, 2.24) is 14.8 Å². The number of piperidine rings is 2. The Morgan fingerprint density at radius 2 is 1.52 bits per heavy atom. The molecular weight excluding hydrogens is 392 g/mol. The van der Waals surface area contributed by atoms with Gasteiger partial charge in [-0.3, -0.25) is 14.4 Å². The minimum absolute atomic E-state index is 0.0184. The number of aryl methyl sites for hydroxylation is 1. The maximum absolute atomic E-state index is 12.3. The molecule has 2 aliphatic rings. The van der Waals surface area contributed by atoms with Gasteiger partial charge in [0, 0.05) is 46.2 Å². The van der Waals surface area contributed by atoms with E-state index in [9.17, 15) is 14.4 Å². The third-order valence-electron chi connectivity index (χ3n) is 6.80. The minimum Gasteiger partial charge on any atom is -0.357 e. The van der Waals surface area contributed by atoms with Gasteiger partial charge < -0.3 is 14.7 Å². The van der Waals surface area contributed by atoms with Gasteiger partial charge in [0.25, 0.3) is 11.8 Å². The van der Waals surface area contributed by atoms with E-state index in [4.69, 9.17) is 4.98 Å². The summed E-state index contributed by atoms with van der Waals surface area (Å²) in [5.41, 5.74) is 1.42. The number of ketones is 1. The van der Waals surface area contributed by atoms with E-state index >= 15 is 0 Å².